The van der Waals surface area contributed by atoms with E-state index in [-0.39, 0.29) is 4.91 Å². The summed E-state index contributed by atoms with van der Waals surface area (Å²) in [6.07, 6.45) is 3.83. The second-order valence-electron chi connectivity index (χ2n) is 7.04. The predicted molar refractivity (Wildman–Crippen MR) is 100 cm³/mol. The van der Waals surface area contributed by atoms with Crippen LogP contribution in [0.3, 0.4) is 0 Å². The lowest BCUT2D eigenvalue weighted by molar-refractivity contribution is -0.0246. The van der Waals surface area contributed by atoms with Gasteiger partial charge < -0.3 is 0 Å². The fourth-order valence-corrected chi connectivity index (χ4v) is 4.79. The molecule has 0 aromatic heterocycles. The molecule has 0 aliphatic heterocycles. The lowest BCUT2D eigenvalue weighted by Gasteiger charge is -2.18. The average Bonchev–Trinajstić information content (AvgIpc) is 2.76. The molecule has 0 N–H and O–H groups in total. The fraction of sp³-hybridized carbons (Fsp3) is 0.381. The fourth-order valence-electron chi connectivity index (χ4n) is 3.85. The predicted octanol–water partition coefficient (Wildman–Crippen LogP) is 5.27. The van der Waals surface area contributed by atoms with Gasteiger partial charge in [-0.2, -0.15) is 5.26 Å². The summed E-state index contributed by atoms with van der Waals surface area (Å²) in [6.45, 7) is 3.29. The first-order valence-electron chi connectivity index (χ1n) is 8.72. The second-order valence-corrected chi connectivity index (χ2v) is 8.38. The van der Waals surface area contributed by atoms with Crippen LogP contribution in [0.25, 0.3) is 0 Å². The van der Waals surface area contributed by atoms with Gasteiger partial charge >= 0.3 is 0 Å². The van der Waals surface area contributed by atoms with E-state index < -0.39 is 35.1 Å². The van der Waals surface area contributed by atoms with Gasteiger partial charge in [-0.05, 0) is 59.7 Å². The minimum atomic E-state index is -2.95. The van der Waals surface area contributed by atoms with Crippen molar-refractivity contribution in [1.82, 2.24) is 0 Å². The minimum Gasteiger partial charge on any atom is -0.252 e. The summed E-state index contributed by atoms with van der Waals surface area (Å²) in [4.78, 5) is 0.199. The monoisotopic (exact) mass is 391 g/mol. The van der Waals surface area contributed by atoms with Gasteiger partial charge in [-0.1, -0.05) is 25.1 Å². The largest absolute Gasteiger partial charge is 0.258 e. The maximum absolute atomic E-state index is 14.5. The highest BCUT2D eigenvalue weighted by molar-refractivity contribution is 7.89. The van der Waals surface area contributed by atoms with E-state index in [1.54, 1.807) is 18.2 Å². The van der Waals surface area contributed by atoms with Gasteiger partial charge in [0.2, 0.25) is 0 Å². The number of halogens is 3. The van der Waals surface area contributed by atoms with Gasteiger partial charge in [0.1, 0.15) is 0 Å². The standard InChI is InChI=1S/C21H20F3NOS/c1-13-6-15(8-16(7-13)11-25)9-17-4-3-5-19(27(26)12-22)20-14(2)21(23,24)10-18(17)20/h4-8,14H,3,9-10,12H2,1-2H3/t14-,27?/m0/s1. The van der Waals surface area contributed by atoms with Crippen LogP contribution in [-0.2, 0) is 17.2 Å². The number of rotatable bonds is 4. The van der Waals surface area contributed by atoms with Crippen molar-refractivity contribution in [3.05, 3.63) is 68.7 Å². The molecule has 0 radical (unpaired) electrons. The van der Waals surface area contributed by atoms with E-state index in [4.69, 9.17) is 5.26 Å². The first kappa shape index (κ1) is 19.6. The van der Waals surface area contributed by atoms with E-state index in [1.807, 2.05) is 19.1 Å². The molecular weight excluding hydrogens is 371 g/mol. The highest BCUT2D eigenvalue weighted by Gasteiger charge is 2.48. The normalized spacial score (nSPS) is 22.4. The lowest BCUT2D eigenvalue weighted by Crippen LogP contribution is -2.22. The molecule has 27 heavy (non-hydrogen) atoms. The van der Waals surface area contributed by atoms with Crippen LogP contribution >= 0.6 is 0 Å². The zero-order valence-electron chi connectivity index (χ0n) is 15.2. The van der Waals surface area contributed by atoms with Crippen molar-refractivity contribution in [3.8, 4) is 6.07 Å². The Bertz CT molecular complexity index is 937. The molecule has 2 nitrogen and oxygen atoms in total. The number of hydrogen-bond acceptors (Lipinski definition) is 2. The molecule has 2 atom stereocenters. The maximum atomic E-state index is 14.5. The van der Waals surface area contributed by atoms with Crippen LogP contribution in [0.5, 0.6) is 0 Å². The van der Waals surface area contributed by atoms with E-state index >= 15 is 0 Å². The van der Waals surface area contributed by atoms with Crippen LogP contribution in [0.4, 0.5) is 13.2 Å². The van der Waals surface area contributed by atoms with Crippen molar-refractivity contribution in [2.75, 3.05) is 6.01 Å². The van der Waals surface area contributed by atoms with Gasteiger partial charge in [0.05, 0.1) is 22.4 Å². The van der Waals surface area contributed by atoms with Crippen LogP contribution < -0.4 is 0 Å². The number of hydrogen-bond donors (Lipinski definition) is 0. The number of allylic oxidation sites excluding steroid dienone is 5. The Morgan fingerprint density at radius 3 is 2.70 bits per heavy atom. The van der Waals surface area contributed by atoms with Crippen LogP contribution in [-0.4, -0.2) is 16.1 Å². The van der Waals surface area contributed by atoms with E-state index in [1.165, 1.54) is 6.92 Å². The third-order valence-electron chi connectivity index (χ3n) is 5.13. The molecule has 0 fully saturated rings. The number of benzene rings is 1. The second kappa shape index (κ2) is 7.47. The molecule has 1 aromatic carbocycles. The summed E-state index contributed by atoms with van der Waals surface area (Å²) >= 11 is 0. The summed E-state index contributed by atoms with van der Waals surface area (Å²) in [5, 5.41) is 9.16. The van der Waals surface area contributed by atoms with Gasteiger partial charge in [0, 0.05) is 17.2 Å². The zero-order valence-corrected chi connectivity index (χ0v) is 16.0. The Morgan fingerprint density at radius 2 is 2.04 bits per heavy atom. The van der Waals surface area contributed by atoms with E-state index in [0.29, 0.717) is 29.6 Å². The van der Waals surface area contributed by atoms with Crippen LogP contribution in [0.2, 0.25) is 0 Å². The van der Waals surface area contributed by atoms with E-state index in [2.05, 4.69) is 6.07 Å². The molecule has 0 amide bonds. The Hall–Kier alpha value is -2.13. The zero-order chi connectivity index (χ0) is 19.8. The number of alkyl halides is 3. The summed E-state index contributed by atoms with van der Waals surface area (Å²) in [6, 6.07) is 6.48. The van der Waals surface area contributed by atoms with Crippen molar-refractivity contribution in [3.63, 3.8) is 0 Å². The number of nitrogens with zero attached hydrogens (tertiary/aromatic N) is 1. The molecule has 2 aliphatic rings. The van der Waals surface area contributed by atoms with Crippen LogP contribution in [0.1, 0.15) is 36.5 Å². The maximum Gasteiger partial charge on any atom is 0.258 e. The van der Waals surface area contributed by atoms with Gasteiger partial charge in [0.15, 0.2) is 6.01 Å². The Labute approximate surface area is 159 Å². The van der Waals surface area contributed by atoms with Gasteiger partial charge in [-0.15, -0.1) is 0 Å². The SMILES string of the molecule is Cc1cc(C#N)cc(CC2=CCC=C(S(=O)CF)C3=C2CC(F)(F)[C@H]3C)c1. The topological polar surface area (TPSA) is 40.9 Å². The van der Waals surface area contributed by atoms with Crippen molar-refractivity contribution < 1.29 is 17.4 Å². The molecule has 0 heterocycles. The van der Waals surface area contributed by atoms with Crippen LogP contribution in [0.15, 0.2) is 52.0 Å². The molecule has 1 aromatic rings. The molecule has 0 spiro atoms. The molecule has 2 aliphatic carbocycles. The molecule has 1 unspecified atom stereocenters. The highest BCUT2D eigenvalue weighted by atomic mass is 32.2. The third kappa shape index (κ3) is 3.79. The van der Waals surface area contributed by atoms with Crippen molar-refractivity contribution >= 4 is 10.8 Å². The summed E-state index contributed by atoms with van der Waals surface area (Å²) < 4.78 is 54.1. The first-order chi connectivity index (χ1) is 12.8. The lowest BCUT2D eigenvalue weighted by atomic mass is 9.93. The Morgan fingerprint density at radius 1 is 1.30 bits per heavy atom. The van der Waals surface area contributed by atoms with Crippen molar-refractivity contribution in [2.45, 2.75) is 39.0 Å². The number of nitriles is 1. The first-order valence-corrected chi connectivity index (χ1v) is 10.0. The smallest absolute Gasteiger partial charge is 0.252 e. The molecule has 0 bridgehead atoms. The molecule has 0 saturated heterocycles. The van der Waals surface area contributed by atoms with Crippen molar-refractivity contribution in [1.29, 1.82) is 5.26 Å². The summed E-state index contributed by atoms with van der Waals surface area (Å²) in [7, 11) is -1.93. The molecule has 0 saturated carbocycles. The summed E-state index contributed by atoms with van der Waals surface area (Å²) in [5.41, 5.74) is 3.85. The Kier molecular flexibility index (Phi) is 5.43. The molecule has 3 rings (SSSR count). The minimum absolute atomic E-state index is 0.199. The van der Waals surface area contributed by atoms with Crippen LogP contribution in [0, 0.1) is 24.2 Å². The van der Waals surface area contributed by atoms with E-state index in [9.17, 15) is 17.4 Å². The van der Waals surface area contributed by atoms with Gasteiger partial charge in [0.25, 0.3) is 5.92 Å². The number of aryl methyl sites for hydroxylation is 1. The van der Waals surface area contributed by atoms with Gasteiger partial charge in [-0.25, -0.2) is 13.2 Å². The van der Waals surface area contributed by atoms with Gasteiger partial charge in [-0.3, -0.25) is 4.21 Å². The van der Waals surface area contributed by atoms with Crippen molar-refractivity contribution in [2.24, 2.45) is 5.92 Å². The average molecular weight is 391 g/mol. The molecule has 142 valence electrons. The third-order valence-corrected chi connectivity index (χ3v) is 6.21. The quantitative estimate of drug-likeness (QED) is 0.701. The molecular formula is C21H20F3NOS. The highest BCUT2D eigenvalue weighted by Crippen LogP contribution is 2.51. The van der Waals surface area contributed by atoms with E-state index in [0.717, 1.165) is 16.7 Å². The molecule has 6 heteroatoms. The Balaban J connectivity index is 2.05. The summed E-state index contributed by atoms with van der Waals surface area (Å²) in [5.74, 6) is -4.06.